The van der Waals surface area contributed by atoms with Gasteiger partial charge in [-0.1, -0.05) is 13.0 Å². The molecule has 2 fully saturated rings. The number of amides is 1. The minimum atomic E-state index is -3.79. The summed E-state index contributed by atoms with van der Waals surface area (Å²) in [5.74, 6) is 0.565. The van der Waals surface area contributed by atoms with Crippen molar-refractivity contribution < 1.29 is 13.2 Å². The van der Waals surface area contributed by atoms with E-state index in [9.17, 15) is 13.2 Å². The third-order valence-electron chi connectivity index (χ3n) is 4.69. The number of nitrogens with two attached hydrogens (primary N) is 1. The molecule has 1 aliphatic carbocycles. The molecule has 0 radical (unpaired) electrons. The van der Waals surface area contributed by atoms with Crippen molar-refractivity contribution in [1.29, 1.82) is 0 Å². The third-order valence-corrected chi connectivity index (χ3v) is 5.60. The molecule has 3 rings (SSSR count). The summed E-state index contributed by atoms with van der Waals surface area (Å²) in [4.78, 5) is 14.7. The molecular weight excluding hydrogens is 288 g/mol. The molecule has 2 aliphatic rings. The van der Waals surface area contributed by atoms with Crippen molar-refractivity contribution in [2.45, 2.75) is 43.5 Å². The molecule has 1 amide bonds. The number of aryl methyl sites for hydroxylation is 1. The van der Waals surface area contributed by atoms with Gasteiger partial charge in [-0.25, -0.2) is 13.6 Å². The van der Waals surface area contributed by atoms with Gasteiger partial charge < -0.3 is 4.90 Å². The second-order valence-corrected chi connectivity index (χ2v) is 7.57. The lowest BCUT2D eigenvalue weighted by Gasteiger charge is -2.28. The van der Waals surface area contributed by atoms with Crippen LogP contribution in [0.2, 0.25) is 0 Å². The molecule has 1 saturated carbocycles. The first-order valence-electron chi connectivity index (χ1n) is 7.37. The number of carbonyl (C=O) groups is 1. The first-order chi connectivity index (χ1) is 9.90. The highest BCUT2D eigenvalue weighted by Gasteiger charge is 2.40. The van der Waals surface area contributed by atoms with Crippen LogP contribution in [0, 0.1) is 5.92 Å². The van der Waals surface area contributed by atoms with E-state index in [4.69, 9.17) is 5.14 Å². The van der Waals surface area contributed by atoms with Crippen LogP contribution < -0.4 is 5.14 Å². The maximum atomic E-state index is 12.8. The molecule has 2 bridgehead atoms. The van der Waals surface area contributed by atoms with E-state index in [-0.39, 0.29) is 10.8 Å². The van der Waals surface area contributed by atoms with E-state index < -0.39 is 10.0 Å². The summed E-state index contributed by atoms with van der Waals surface area (Å²) in [5.41, 5.74) is 1.35. The van der Waals surface area contributed by atoms with Gasteiger partial charge in [0.25, 0.3) is 5.91 Å². The summed E-state index contributed by atoms with van der Waals surface area (Å²) >= 11 is 0. The fraction of sp³-hybridized carbons (Fsp3) is 0.533. The van der Waals surface area contributed by atoms with Crippen LogP contribution in [0.25, 0.3) is 0 Å². The molecular formula is C15H20N2O3S. The summed E-state index contributed by atoms with van der Waals surface area (Å²) in [6, 6.07) is 4.93. The monoisotopic (exact) mass is 308 g/mol. The molecule has 2 unspecified atom stereocenters. The quantitative estimate of drug-likeness (QED) is 0.919. The molecule has 0 aromatic heterocycles. The van der Waals surface area contributed by atoms with Crippen molar-refractivity contribution in [3.05, 3.63) is 29.3 Å². The summed E-state index contributed by atoms with van der Waals surface area (Å²) < 4.78 is 23.0. The number of carbonyl (C=O) groups excluding carboxylic acids is 1. The molecule has 1 aromatic carbocycles. The number of hydrogen-bond donors (Lipinski definition) is 1. The van der Waals surface area contributed by atoms with Gasteiger partial charge >= 0.3 is 0 Å². The van der Waals surface area contributed by atoms with Gasteiger partial charge in [0.1, 0.15) is 0 Å². The summed E-state index contributed by atoms with van der Waals surface area (Å²) in [5, 5.41) is 5.18. The number of sulfonamides is 1. The summed E-state index contributed by atoms with van der Waals surface area (Å²) in [6.45, 7) is 2.76. The predicted molar refractivity (Wildman–Crippen MR) is 79.4 cm³/mol. The standard InChI is InChI=1S/C15H20N2O3S/c1-2-11-4-6-13(21(16,19)20)8-14(11)15(18)17-9-10-3-5-12(17)7-10/h4,6,8,10,12H,2-3,5,7,9H2,1H3,(H2,16,19,20). The lowest BCUT2D eigenvalue weighted by molar-refractivity contribution is 0.0702. The fourth-order valence-electron chi connectivity index (χ4n) is 3.57. The Morgan fingerprint density at radius 1 is 1.38 bits per heavy atom. The zero-order valence-corrected chi connectivity index (χ0v) is 12.9. The largest absolute Gasteiger partial charge is 0.335 e. The average Bonchev–Trinajstić information content (AvgIpc) is 3.07. The van der Waals surface area contributed by atoms with Crippen LogP contribution in [0.4, 0.5) is 0 Å². The van der Waals surface area contributed by atoms with Gasteiger partial charge in [-0.15, -0.1) is 0 Å². The molecule has 6 heteroatoms. The number of primary sulfonamides is 1. The second kappa shape index (κ2) is 5.10. The van der Waals surface area contributed by atoms with Gasteiger partial charge in [0, 0.05) is 18.2 Å². The Balaban J connectivity index is 1.98. The minimum absolute atomic E-state index is 0.00686. The zero-order valence-electron chi connectivity index (χ0n) is 12.1. The Morgan fingerprint density at radius 3 is 2.67 bits per heavy atom. The number of piperidine rings is 1. The Hall–Kier alpha value is -1.40. The maximum Gasteiger partial charge on any atom is 0.254 e. The van der Waals surface area contributed by atoms with E-state index in [0.717, 1.165) is 24.9 Å². The zero-order chi connectivity index (χ0) is 15.2. The van der Waals surface area contributed by atoms with Gasteiger partial charge in [-0.2, -0.15) is 0 Å². The highest BCUT2D eigenvalue weighted by molar-refractivity contribution is 7.89. The van der Waals surface area contributed by atoms with Crippen LogP contribution in [0.15, 0.2) is 23.1 Å². The van der Waals surface area contributed by atoms with Crippen LogP contribution in [-0.4, -0.2) is 31.8 Å². The van der Waals surface area contributed by atoms with Gasteiger partial charge in [-0.05, 0) is 49.3 Å². The highest BCUT2D eigenvalue weighted by atomic mass is 32.2. The first kappa shape index (κ1) is 14.5. The lowest BCUT2D eigenvalue weighted by Crippen LogP contribution is -2.38. The van der Waals surface area contributed by atoms with E-state index in [0.29, 0.717) is 23.9 Å². The molecule has 5 nitrogen and oxygen atoms in total. The average molecular weight is 308 g/mol. The Labute approximate surface area is 125 Å². The molecule has 1 aliphatic heterocycles. The second-order valence-electron chi connectivity index (χ2n) is 6.01. The van der Waals surface area contributed by atoms with E-state index >= 15 is 0 Å². The Bertz CT molecular complexity index is 684. The number of nitrogens with zero attached hydrogens (tertiary/aromatic N) is 1. The third kappa shape index (κ3) is 2.58. The van der Waals surface area contributed by atoms with Crippen LogP contribution >= 0.6 is 0 Å². The number of fused-ring (bicyclic) bond motifs is 2. The number of rotatable bonds is 3. The van der Waals surface area contributed by atoms with Gasteiger partial charge in [0.15, 0.2) is 0 Å². The fourth-order valence-corrected chi connectivity index (χ4v) is 4.11. The van der Waals surface area contributed by atoms with Crippen molar-refractivity contribution >= 4 is 15.9 Å². The van der Waals surface area contributed by atoms with Crippen LogP contribution in [0.5, 0.6) is 0 Å². The summed E-state index contributed by atoms with van der Waals surface area (Å²) in [6.07, 6.45) is 4.04. The van der Waals surface area contributed by atoms with Crippen LogP contribution in [-0.2, 0) is 16.4 Å². The smallest absolute Gasteiger partial charge is 0.254 e. The van der Waals surface area contributed by atoms with Crippen LogP contribution in [0.1, 0.15) is 42.1 Å². The van der Waals surface area contributed by atoms with E-state index in [1.165, 1.54) is 18.6 Å². The van der Waals surface area contributed by atoms with Gasteiger partial charge in [0.05, 0.1) is 4.90 Å². The van der Waals surface area contributed by atoms with Crippen molar-refractivity contribution in [2.24, 2.45) is 11.1 Å². The number of benzene rings is 1. The minimum Gasteiger partial charge on any atom is -0.335 e. The van der Waals surface area contributed by atoms with E-state index in [1.807, 2.05) is 11.8 Å². The predicted octanol–water partition coefficient (Wildman–Crippen LogP) is 1.52. The first-order valence-corrected chi connectivity index (χ1v) is 8.91. The maximum absolute atomic E-state index is 12.8. The van der Waals surface area contributed by atoms with Crippen molar-refractivity contribution in [1.82, 2.24) is 4.90 Å². The van der Waals surface area contributed by atoms with E-state index in [2.05, 4.69) is 0 Å². The molecule has 2 atom stereocenters. The number of hydrogen-bond acceptors (Lipinski definition) is 3. The number of likely N-dealkylation sites (tertiary alicyclic amines) is 1. The molecule has 0 spiro atoms. The van der Waals surface area contributed by atoms with Crippen molar-refractivity contribution in [3.63, 3.8) is 0 Å². The highest BCUT2D eigenvalue weighted by Crippen LogP contribution is 2.38. The molecule has 1 aromatic rings. The Kier molecular flexibility index (Phi) is 3.53. The molecule has 21 heavy (non-hydrogen) atoms. The van der Waals surface area contributed by atoms with Crippen LogP contribution in [0.3, 0.4) is 0 Å². The molecule has 1 saturated heterocycles. The SMILES string of the molecule is CCc1ccc(S(N)(=O)=O)cc1C(=O)N1CC2CCC1C2. The topological polar surface area (TPSA) is 80.5 Å². The van der Waals surface area contributed by atoms with Gasteiger partial charge in [0.2, 0.25) is 10.0 Å². The van der Waals surface area contributed by atoms with E-state index in [1.54, 1.807) is 6.07 Å². The molecule has 2 N–H and O–H groups in total. The van der Waals surface area contributed by atoms with Crippen molar-refractivity contribution in [3.8, 4) is 0 Å². The molecule has 1 heterocycles. The van der Waals surface area contributed by atoms with Gasteiger partial charge in [-0.3, -0.25) is 4.79 Å². The Morgan fingerprint density at radius 2 is 2.14 bits per heavy atom. The summed E-state index contributed by atoms with van der Waals surface area (Å²) in [7, 11) is -3.79. The molecule has 114 valence electrons. The normalized spacial score (nSPS) is 24.6. The van der Waals surface area contributed by atoms with Crippen molar-refractivity contribution in [2.75, 3.05) is 6.54 Å². The lowest BCUT2D eigenvalue weighted by atomic mass is 10.0.